The highest BCUT2D eigenvalue weighted by Gasteiger charge is 2.20. The quantitative estimate of drug-likeness (QED) is 0.897. The third-order valence-electron chi connectivity index (χ3n) is 3.77. The van der Waals surface area contributed by atoms with E-state index >= 15 is 0 Å². The summed E-state index contributed by atoms with van der Waals surface area (Å²) in [6.07, 6.45) is 5.79. The topological polar surface area (TPSA) is 58.8 Å². The van der Waals surface area contributed by atoms with Crippen LogP contribution in [0.1, 0.15) is 31.4 Å². The minimum absolute atomic E-state index is 0.105. The standard InChI is InChI=1S/C13H19N3O2S/c1-18-12-11(16-6-7-19-13(16)15-12)8-14-9-2-4-10(17)5-3-9/h6-7,9-10,14,17H,2-5,8H2,1H3. The van der Waals surface area contributed by atoms with Crippen molar-refractivity contribution in [3.8, 4) is 5.88 Å². The number of aliphatic hydroxyl groups excluding tert-OH is 1. The molecular weight excluding hydrogens is 262 g/mol. The molecule has 0 aliphatic heterocycles. The highest BCUT2D eigenvalue weighted by atomic mass is 32.1. The lowest BCUT2D eigenvalue weighted by atomic mass is 9.93. The van der Waals surface area contributed by atoms with Crippen molar-refractivity contribution in [2.45, 2.75) is 44.4 Å². The fourth-order valence-electron chi connectivity index (χ4n) is 2.66. The van der Waals surface area contributed by atoms with Crippen LogP contribution in [-0.4, -0.2) is 33.7 Å². The van der Waals surface area contributed by atoms with Crippen molar-refractivity contribution in [1.82, 2.24) is 14.7 Å². The van der Waals surface area contributed by atoms with E-state index in [0.717, 1.165) is 42.9 Å². The van der Waals surface area contributed by atoms with Gasteiger partial charge in [0.1, 0.15) is 5.69 Å². The summed E-state index contributed by atoms with van der Waals surface area (Å²) in [5.41, 5.74) is 1.07. The van der Waals surface area contributed by atoms with Crippen molar-refractivity contribution < 1.29 is 9.84 Å². The first kappa shape index (κ1) is 12.9. The second kappa shape index (κ2) is 5.48. The first-order valence-corrected chi connectivity index (χ1v) is 7.55. The second-order valence-electron chi connectivity index (χ2n) is 5.01. The molecule has 0 bridgehead atoms. The SMILES string of the molecule is COc1nc2sccn2c1CNC1CCC(O)CC1. The van der Waals surface area contributed by atoms with Crippen molar-refractivity contribution >= 4 is 16.3 Å². The van der Waals surface area contributed by atoms with Crippen molar-refractivity contribution in [3.63, 3.8) is 0 Å². The van der Waals surface area contributed by atoms with E-state index in [-0.39, 0.29) is 6.10 Å². The molecule has 0 atom stereocenters. The van der Waals surface area contributed by atoms with Gasteiger partial charge in [0.05, 0.1) is 13.2 Å². The third kappa shape index (κ3) is 2.61. The number of aliphatic hydroxyl groups is 1. The maximum Gasteiger partial charge on any atom is 0.237 e. The van der Waals surface area contributed by atoms with Gasteiger partial charge < -0.3 is 15.2 Å². The molecule has 2 aromatic rings. The number of ether oxygens (including phenoxy) is 1. The van der Waals surface area contributed by atoms with Gasteiger partial charge in [-0.1, -0.05) is 0 Å². The smallest absolute Gasteiger partial charge is 0.237 e. The van der Waals surface area contributed by atoms with Gasteiger partial charge in [-0.05, 0) is 25.7 Å². The van der Waals surface area contributed by atoms with E-state index < -0.39 is 0 Å². The van der Waals surface area contributed by atoms with Gasteiger partial charge in [0.25, 0.3) is 0 Å². The van der Waals surface area contributed by atoms with E-state index in [4.69, 9.17) is 4.74 Å². The molecule has 0 unspecified atom stereocenters. The predicted octanol–water partition coefficient (Wildman–Crippen LogP) is 1.80. The lowest BCUT2D eigenvalue weighted by Crippen LogP contribution is -2.34. The van der Waals surface area contributed by atoms with Crippen LogP contribution in [-0.2, 0) is 6.54 Å². The number of fused-ring (bicyclic) bond motifs is 1. The van der Waals surface area contributed by atoms with Gasteiger partial charge in [-0.3, -0.25) is 4.40 Å². The fraction of sp³-hybridized carbons (Fsp3) is 0.615. The molecular formula is C13H19N3O2S. The first-order valence-electron chi connectivity index (χ1n) is 6.68. The van der Waals surface area contributed by atoms with E-state index in [9.17, 15) is 5.11 Å². The lowest BCUT2D eigenvalue weighted by Gasteiger charge is -2.26. The maximum atomic E-state index is 9.51. The summed E-state index contributed by atoms with van der Waals surface area (Å²) in [6, 6.07) is 0.484. The van der Waals surface area contributed by atoms with Crippen molar-refractivity contribution in [1.29, 1.82) is 0 Å². The molecule has 1 aliphatic rings. The van der Waals surface area contributed by atoms with Crippen LogP contribution in [0.15, 0.2) is 11.6 Å². The molecule has 3 rings (SSSR count). The molecule has 0 aromatic carbocycles. The van der Waals surface area contributed by atoms with Gasteiger partial charge in [0, 0.05) is 24.2 Å². The van der Waals surface area contributed by atoms with Crippen LogP contribution in [0.2, 0.25) is 0 Å². The van der Waals surface area contributed by atoms with E-state index in [1.165, 1.54) is 0 Å². The van der Waals surface area contributed by atoms with Gasteiger partial charge in [-0.25, -0.2) is 0 Å². The van der Waals surface area contributed by atoms with E-state index in [1.807, 2.05) is 11.6 Å². The largest absolute Gasteiger partial charge is 0.480 e. The Hall–Kier alpha value is -1.11. The Morgan fingerprint density at radius 1 is 1.47 bits per heavy atom. The molecule has 19 heavy (non-hydrogen) atoms. The van der Waals surface area contributed by atoms with Crippen LogP contribution in [0.5, 0.6) is 5.88 Å². The summed E-state index contributed by atoms with van der Waals surface area (Å²) in [7, 11) is 1.66. The Morgan fingerprint density at radius 2 is 2.26 bits per heavy atom. The Bertz CT molecular complexity index is 543. The monoisotopic (exact) mass is 281 g/mol. The normalized spacial score (nSPS) is 23.9. The number of hydrogen-bond acceptors (Lipinski definition) is 5. The predicted molar refractivity (Wildman–Crippen MR) is 74.7 cm³/mol. The van der Waals surface area contributed by atoms with Gasteiger partial charge in [-0.15, -0.1) is 11.3 Å². The number of nitrogens with one attached hydrogen (secondary N) is 1. The lowest BCUT2D eigenvalue weighted by molar-refractivity contribution is 0.116. The van der Waals surface area contributed by atoms with Gasteiger partial charge in [0.15, 0.2) is 4.96 Å². The van der Waals surface area contributed by atoms with Crippen molar-refractivity contribution in [3.05, 3.63) is 17.3 Å². The summed E-state index contributed by atoms with van der Waals surface area (Å²) in [5, 5.41) is 15.1. The summed E-state index contributed by atoms with van der Waals surface area (Å²) < 4.78 is 7.42. The molecule has 2 heterocycles. The highest BCUT2D eigenvalue weighted by molar-refractivity contribution is 7.15. The van der Waals surface area contributed by atoms with Crippen LogP contribution in [0, 0.1) is 0 Å². The Labute approximate surface area is 116 Å². The van der Waals surface area contributed by atoms with E-state index in [2.05, 4.69) is 14.7 Å². The molecule has 104 valence electrons. The number of thiazole rings is 1. The van der Waals surface area contributed by atoms with Crippen LogP contribution in [0.3, 0.4) is 0 Å². The minimum Gasteiger partial charge on any atom is -0.480 e. The number of rotatable bonds is 4. The zero-order chi connectivity index (χ0) is 13.2. The van der Waals surface area contributed by atoms with Crippen LogP contribution < -0.4 is 10.1 Å². The summed E-state index contributed by atoms with van der Waals surface area (Å²) in [4.78, 5) is 5.41. The van der Waals surface area contributed by atoms with Crippen LogP contribution in [0.4, 0.5) is 0 Å². The van der Waals surface area contributed by atoms with E-state index in [1.54, 1.807) is 18.4 Å². The van der Waals surface area contributed by atoms with E-state index in [0.29, 0.717) is 11.9 Å². The second-order valence-corrected chi connectivity index (χ2v) is 5.88. The summed E-state index contributed by atoms with van der Waals surface area (Å²) in [6.45, 7) is 0.752. The fourth-order valence-corrected chi connectivity index (χ4v) is 3.38. The summed E-state index contributed by atoms with van der Waals surface area (Å²) in [5.74, 6) is 0.704. The number of aromatic nitrogens is 2. The Balaban J connectivity index is 1.69. The first-order chi connectivity index (χ1) is 9.28. The Kier molecular flexibility index (Phi) is 3.72. The molecule has 1 aliphatic carbocycles. The average molecular weight is 281 g/mol. The Morgan fingerprint density at radius 3 is 3.00 bits per heavy atom. The molecule has 0 radical (unpaired) electrons. The summed E-state index contributed by atoms with van der Waals surface area (Å²) >= 11 is 1.61. The molecule has 0 amide bonds. The number of methoxy groups -OCH3 is 1. The molecule has 1 fully saturated rings. The maximum absolute atomic E-state index is 9.51. The number of nitrogens with zero attached hydrogens (tertiary/aromatic N) is 2. The minimum atomic E-state index is -0.105. The zero-order valence-electron chi connectivity index (χ0n) is 11.0. The molecule has 5 nitrogen and oxygen atoms in total. The van der Waals surface area contributed by atoms with Gasteiger partial charge in [0.2, 0.25) is 5.88 Å². The van der Waals surface area contributed by atoms with Gasteiger partial charge >= 0.3 is 0 Å². The molecule has 2 N–H and O–H groups in total. The molecule has 6 heteroatoms. The van der Waals surface area contributed by atoms with Crippen molar-refractivity contribution in [2.75, 3.05) is 7.11 Å². The molecule has 0 spiro atoms. The van der Waals surface area contributed by atoms with Gasteiger partial charge in [-0.2, -0.15) is 4.98 Å². The molecule has 1 saturated carbocycles. The van der Waals surface area contributed by atoms with Crippen LogP contribution >= 0.6 is 11.3 Å². The number of hydrogen-bond donors (Lipinski definition) is 2. The third-order valence-corrected chi connectivity index (χ3v) is 4.53. The molecule has 0 saturated heterocycles. The highest BCUT2D eigenvalue weighted by Crippen LogP contribution is 2.24. The zero-order valence-corrected chi connectivity index (χ0v) is 11.8. The molecule has 2 aromatic heterocycles. The van der Waals surface area contributed by atoms with Crippen LogP contribution in [0.25, 0.3) is 4.96 Å². The van der Waals surface area contributed by atoms with Crippen molar-refractivity contribution in [2.24, 2.45) is 0 Å². The number of imidazole rings is 1. The average Bonchev–Trinajstić information content (AvgIpc) is 2.99.